The average Bonchev–Trinajstić information content (AvgIpc) is 2.18. The predicted molar refractivity (Wildman–Crippen MR) is 63.7 cm³/mol. The molecule has 1 atom stereocenters. The molecule has 0 saturated heterocycles. The molecule has 0 heterocycles. The van der Waals surface area contributed by atoms with Gasteiger partial charge in [0.2, 0.25) is 10.0 Å². The molecule has 15 heavy (non-hydrogen) atoms. The van der Waals surface area contributed by atoms with Crippen molar-refractivity contribution in [1.29, 1.82) is 0 Å². The van der Waals surface area contributed by atoms with Gasteiger partial charge in [0.25, 0.3) is 0 Å². The number of nitrogens with one attached hydrogen (secondary N) is 1. The summed E-state index contributed by atoms with van der Waals surface area (Å²) >= 11 is 5.44. The lowest BCUT2D eigenvalue weighted by Gasteiger charge is -2.27. The topological polar surface area (TPSA) is 46.2 Å². The summed E-state index contributed by atoms with van der Waals surface area (Å²) in [4.78, 5) is 0. The first kappa shape index (κ1) is 13.3. The Morgan fingerprint density at radius 2 is 1.93 bits per heavy atom. The molecule has 0 spiro atoms. The van der Waals surface area contributed by atoms with E-state index in [2.05, 4.69) is 4.72 Å². The summed E-state index contributed by atoms with van der Waals surface area (Å²) in [6.45, 7) is 1.96. The van der Waals surface area contributed by atoms with Crippen LogP contribution in [0.2, 0.25) is 0 Å². The molecule has 0 unspecified atom stereocenters. The van der Waals surface area contributed by atoms with Crippen molar-refractivity contribution in [2.75, 3.05) is 11.6 Å². The van der Waals surface area contributed by atoms with Gasteiger partial charge in [-0.15, -0.1) is 11.6 Å². The van der Waals surface area contributed by atoms with Gasteiger partial charge in [-0.3, -0.25) is 0 Å². The molecular weight excluding hydrogens is 234 g/mol. The third-order valence-corrected chi connectivity index (χ3v) is 4.95. The van der Waals surface area contributed by atoms with Gasteiger partial charge in [0.1, 0.15) is 0 Å². The van der Waals surface area contributed by atoms with E-state index in [4.69, 9.17) is 11.6 Å². The standard InChI is InChI=1S/C10H20ClNO2S/c1-9(10-5-3-2-4-6-10)12-15(13,14)8-7-11/h9-10,12H,2-8H2,1H3/t9-/m1/s1. The van der Waals surface area contributed by atoms with Crippen LogP contribution in [0.4, 0.5) is 0 Å². The number of hydrogen-bond donors (Lipinski definition) is 1. The zero-order valence-corrected chi connectivity index (χ0v) is 10.8. The van der Waals surface area contributed by atoms with E-state index < -0.39 is 10.0 Å². The molecule has 1 fully saturated rings. The van der Waals surface area contributed by atoms with E-state index in [9.17, 15) is 8.42 Å². The fourth-order valence-corrected chi connectivity index (χ4v) is 3.86. The predicted octanol–water partition coefficient (Wildman–Crippen LogP) is 2.11. The quantitative estimate of drug-likeness (QED) is 0.763. The van der Waals surface area contributed by atoms with E-state index in [0.29, 0.717) is 5.92 Å². The van der Waals surface area contributed by atoms with Gasteiger partial charge in [-0.1, -0.05) is 19.3 Å². The van der Waals surface area contributed by atoms with Gasteiger partial charge < -0.3 is 0 Å². The number of halogens is 1. The highest BCUT2D eigenvalue weighted by Gasteiger charge is 2.23. The number of sulfonamides is 1. The largest absolute Gasteiger partial charge is 0.213 e. The maximum atomic E-state index is 11.5. The highest BCUT2D eigenvalue weighted by Crippen LogP contribution is 2.26. The summed E-state index contributed by atoms with van der Waals surface area (Å²) in [6.07, 6.45) is 6.03. The molecule has 1 aliphatic carbocycles. The van der Waals surface area contributed by atoms with Gasteiger partial charge in [-0.05, 0) is 25.7 Å². The smallest absolute Gasteiger partial charge is 0.212 e. The van der Waals surface area contributed by atoms with Crippen molar-refractivity contribution < 1.29 is 8.42 Å². The fraction of sp³-hybridized carbons (Fsp3) is 1.00. The molecule has 1 saturated carbocycles. The minimum absolute atomic E-state index is 0.0195. The van der Waals surface area contributed by atoms with Crippen LogP contribution >= 0.6 is 11.6 Å². The second-order valence-electron chi connectivity index (χ2n) is 4.31. The average molecular weight is 254 g/mol. The van der Waals surface area contributed by atoms with E-state index in [1.807, 2.05) is 6.92 Å². The first-order valence-electron chi connectivity index (χ1n) is 5.61. The van der Waals surface area contributed by atoms with Crippen molar-refractivity contribution >= 4 is 21.6 Å². The van der Waals surface area contributed by atoms with Crippen molar-refractivity contribution in [3.8, 4) is 0 Å². The van der Waals surface area contributed by atoms with Crippen LogP contribution in [0.25, 0.3) is 0 Å². The minimum atomic E-state index is -3.16. The van der Waals surface area contributed by atoms with E-state index in [1.165, 1.54) is 19.3 Å². The lowest BCUT2D eigenvalue weighted by atomic mass is 9.85. The van der Waals surface area contributed by atoms with Crippen LogP contribution < -0.4 is 4.72 Å². The minimum Gasteiger partial charge on any atom is -0.212 e. The molecule has 5 heteroatoms. The van der Waals surface area contributed by atoms with Crippen LogP contribution in [0.15, 0.2) is 0 Å². The van der Waals surface area contributed by atoms with Crippen molar-refractivity contribution in [3.05, 3.63) is 0 Å². The lowest BCUT2D eigenvalue weighted by Crippen LogP contribution is -2.40. The molecule has 90 valence electrons. The Kier molecular flexibility index (Phi) is 5.36. The molecule has 1 rings (SSSR count). The maximum Gasteiger partial charge on any atom is 0.213 e. The molecular formula is C10H20ClNO2S. The molecule has 0 radical (unpaired) electrons. The first-order valence-corrected chi connectivity index (χ1v) is 7.80. The Balaban J connectivity index is 2.43. The normalized spacial score (nSPS) is 21.5. The van der Waals surface area contributed by atoms with Gasteiger partial charge >= 0.3 is 0 Å². The van der Waals surface area contributed by atoms with Crippen LogP contribution in [0.1, 0.15) is 39.0 Å². The van der Waals surface area contributed by atoms with E-state index >= 15 is 0 Å². The molecule has 3 nitrogen and oxygen atoms in total. The Morgan fingerprint density at radius 1 is 1.33 bits per heavy atom. The summed E-state index contributed by atoms with van der Waals surface area (Å²) in [6, 6.07) is 0.0542. The number of rotatable bonds is 5. The van der Waals surface area contributed by atoms with Crippen LogP contribution in [0.3, 0.4) is 0 Å². The fourth-order valence-electron chi connectivity index (χ4n) is 2.17. The number of alkyl halides is 1. The highest BCUT2D eigenvalue weighted by molar-refractivity contribution is 7.89. The molecule has 0 amide bonds. The zero-order chi connectivity index (χ0) is 11.3. The number of hydrogen-bond acceptors (Lipinski definition) is 2. The van der Waals surface area contributed by atoms with Crippen molar-refractivity contribution in [2.24, 2.45) is 5.92 Å². The summed E-state index contributed by atoms with van der Waals surface area (Å²) in [5, 5.41) is 0. The van der Waals surface area contributed by atoms with Crippen molar-refractivity contribution in [3.63, 3.8) is 0 Å². The SMILES string of the molecule is C[C@@H](NS(=O)(=O)CCCl)C1CCCCC1. The molecule has 1 N–H and O–H groups in total. The Labute approximate surface area is 97.6 Å². The molecule has 0 aromatic carbocycles. The second kappa shape index (κ2) is 6.06. The Hall–Kier alpha value is 0.200. The van der Waals surface area contributed by atoms with Crippen LogP contribution in [-0.2, 0) is 10.0 Å². The van der Waals surface area contributed by atoms with Crippen molar-refractivity contribution in [2.45, 2.75) is 45.1 Å². The highest BCUT2D eigenvalue weighted by atomic mass is 35.5. The molecule has 0 bridgehead atoms. The zero-order valence-electron chi connectivity index (χ0n) is 9.21. The van der Waals surface area contributed by atoms with Crippen LogP contribution in [0.5, 0.6) is 0 Å². The van der Waals surface area contributed by atoms with E-state index in [1.54, 1.807) is 0 Å². The second-order valence-corrected chi connectivity index (χ2v) is 6.56. The maximum absolute atomic E-state index is 11.5. The van der Waals surface area contributed by atoms with Gasteiger partial charge in [0.15, 0.2) is 0 Å². The molecule has 1 aliphatic rings. The van der Waals surface area contributed by atoms with Crippen LogP contribution in [-0.4, -0.2) is 26.1 Å². The van der Waals surface area contributed by atoms with Crippen LogP contribution in [0, 0.1) is 5.92 Å². The van der Waals surface area contributed by atoms with E-state index in [-0.39, 0.29) is 17.7 Å². The molecule has 0 aromatic rings. The first-order chi connectivity index (χ1) is 7.05. The van der Waals surface area contributed by atoms with Gasteiger partial charge in [0.05, 0.1) is 5.75 Å². The summed E-state index contributed by atoms with van der Waals surface area (Å²) in [5.74, 6) is 0.682. The molecule has 0 aliphatic heterocycles. The van der Waals surface area contributed by atoms with E-state index in [0.717, 1.165) is 12.8 Å². The van der Waals surface area contributed by atoms with Crippen molar-refractivity contribution in [1.82, 2.24) is 4.72 Å². The monoisotopic (exact) mass is 253 g/mol. The summed E-state index contributed by atoms with van der Waals surface area (Å²) in [7, 11) is -3.16. The van der Waals surface area contributed by atoms with Gasteiger partial charge in [-0.25, -0.2) is 13.1 Å². The lowest BCUT2D eigenvalue weighted by molar-refractivity contribution is 0.303. The summed E-state index contributed by atoms with van der Waals surface area (Å²) < 4.78 is 25.7. The Bertz CT molecular complexity index is 273. The third kappa shape index (κ3) is 4.70. The molecule has 0 aromatic heterocycles. The van der Waals surface area contributed by atoms with Gasteiger partial charge in [-0.2, -0.15) is 0 Å². The third-order valence-electron chi connectivity index (χ3n) is 3.07. The Morgan fingerprint density at radius 3 is 2.47 bits per heavy atom. The summed E-state index contributed by atoms with van der Waals surface area (Å²) in [5.41, 5.74) is 0. The van der Waals surface area contributed by atoms with Gasteiger partial charge in [0, 0.05) is 11.9 Å².